The Balaban J connectivity index is 2.01. The van der Waals surface area contributed by atoms with E-state index in [1.807, 2.05) is 13.1 Å². The van der Waals surface area contributed by atoms with Crippen LogP contribution >= 0.6 is 11.6 Å². The molecule has 0 amide bonds. The van der Waals surface area contributed by atoms with Crippen LogP contribution in [0.25, 0.3) is 0 Å². The standard InChI is InChI=1S/C16H18ClN3/c1-19-15(14-8-11(17)9-20-16(14)18)13-7-6-10-4-2-3-5-12(10)13/h2-5,8-9,13,15,19H,6-7H2,1H3,(H2,18,20). The Bertz CT molecular complexity index is 627. The summed E-state index contributed by atoms with van der Waals surface area (Å²) in [5.74, 6) is 0.969. The summed E-state index contributed by atoms with van der Waals surface area (Å²) in [6.07, 6.45) is 3.83. The lowest BCUT2D eigenvalue weighted by atomic mass is 9.88. The molecule has 0 saturated carbocycles. The van der Waals surface area contributed by atoms with Crippen molar-refractivity contribution >= 4 is 17.4 Å². The van der Waals surface area contributed by atoms with Crippen LogP contribution in [0.4, 0.5) is 5.82 Å². The highest BCUT2D eigenvalue weighted by molar-refractivity contribution is 6.30. The van der Waals surface area contributed by atoms with E-state index in [1.165, 1.54) is 11.1 Å². The lowest BCUT2D eigenvalue weighted by Gasteiger charge is -2.25. The van der Waals surface area contributed by atoms with Crippen molar-refractivity contribution in [1.82, 2.24) is 10.3 Å². The molecule has 0 spiro atoms. The Labute approximate surface area is 124 Å². The topological polar surface area (TPSA) is 50.9 Å². The Kier molecular flexibility index (Phi) is 3.64. The third kappa shape index (κ3) is 2.28. The fourth-order valence-corrected chi connectivity index (χ4v) is 3.39. The van der Waals surface area contributed by atoms with Gasteiger partial charge in [-0.05, 0) is 37.1 Å². The predicted molar refractivity (Wildman–Crippen MR) is 83.0 cm³/mol. The summed E-state index contributed by atoms with van der Waals surface area (Å²) in [7, 11) is 1.96. The molecule has 3 N–H and O–H groups in total. The van der Waals surface area contributed by atoms with E-state index in [2.05, 4.69) is 34.6 Å². The van der Waals surface area contributed by atoms with E-state index >= 15 is 0 Å². The van der Waals surface area contributed by atoms with Crippen molar-refractivity contribution < 1.29 is 0 Å². The van der Waals surface area contributed by atoms with Crippen LogP contribution in [0.15, 0.2) is 36.5 Å². The van der Waals surface area contributed by atoms with E-state index in [-0.39, 0.29) is 6.04 Å². The van der Waals surface area contributed by atoms with E-state index in [0.29, 0.717) is 16.8 Å². The number of pyridine rings is 1. The van der Waals surface area contributed by atoms with Crippen molar-refractivity contribution in [2.45, 2.75) is 24.8 Å². The highest BCUT2D eigenvalue weighted by atomic mass is 35.5. The van der Waals surface area contributed by atoms with Gasteiger partial charge in [-0.25, -0.2) is 4.98 Å². The van der Waals surface area contributed by atoms with Gasteiger partial charge in [-0.2, -0.15) is 0 Å². The molecule has 1 aromatic carbocycles. The first kappa shape index (κ1) is 13.4. The Morgan fingerprint density at radius 2 is 2.20 bits per heavy atom. The van der Waals surface area contributed by atoms with Crippen molar-refractivity contribution in [2.24, 2.45) is 0 Å². The van der Waals surface area contributed by atoms with Crippen LogP contribution in [0.2, 0.25) is 5.02 Å². The van der Waals surface area contributed by atoms with Crippen molar-refractivity contribution in [3.63, 3.8) is 0 Å². The first-order chi connectivity index (χ1) is 9.70. The minimum Gasteiger partial charge on any atom is -0.383 e. The van der Waals surface area contributed by atoms with Gasteiger partial charge in [0.25, 0.3) is 0 Å². The number of benzene rings is 1. The highest BCUT2D eigenvalue weighted by Gasteiger charge is 2.31. The normalized spacial score (nSPS) is 18.8. The minimum absolute atomic E-state index is 0.143. The maximum atomic E-state index is 6.08. The second-order valence-corrected chi connectivity index (χ2v) is 5.67. The molecule has 2 aromatic rings. The van der Waals surface area contributed by atoms with Crippen LogP contribution in [0.3, 0.4) is 0 Å². The van der Waals surface area contributed by atoms with Gasteiger partial charge in [-0.15, -0.1) is 0 Å². The van der Waals surface area contributed by atoms with Crippen molar-refractivity contribution in [3.05, 3.63) is 58.2 Å². The minimum atomic E-state index is 0.143. The number of nitrogens with one attached hydrogen (secondary N) is 1. The number of aromatic nitrogens is 1. The predicted octanol–water partition coefficient (Wildman–Crippen LogP) is 3.31. The molecule has 4 heteroatoms. The molecule has 3 rings (SSSR count). The van der Waals surface area contributed by atoms with Crippen molar-refractivity contribution in [2.75, 3.05) is 12.8 Å². The van der Waals surface area contributed by atoms with E-state index in [1.54, 1.807) is 6.20 Å². The Morgan fingerprint density at radius 1 is 1.40 bits per heavy atom. The molecular weight excluding hydrogens is 270 g/mol. The third-order valence-electron chi connectivity index (χ3n) is 4.14. The molecule has 0 bridgehead atoms. The van der Waals surface area contributed by atoms with E-state index in [4.69, 9.17) is 17.3 Å². The van der Waals surface area contributed by atoms with Crippen LogP contribution < -0.4 is 11.1 Å². The van der Waals surface area contributed by atoms with Gasteiger partial charge in [-0.3, -0.25) is 0 Å². The van der Waals surface area contributed by atoms with Gasteiger partial charge in [0.2, 0.25) is 0 Å². The number of aryl methyl sites for hydroxylation is 1. The highest BCUT2D eigenvalue weighted by Crippen LogP contribution is 2.42. The maximum Gasteiger partial charge on any atom is 0.128 e. The monoisotopic (exact) mass is 287 g/mol. The number of rotatable bonds is 3. The van der Waals surface area contributed by atoms with Crippen molar-refractivity contribution in [1.29, 1.82) is 0 Å². The molecule has 0 fully saturated rings. The second-order valence-electron chi connectivity index (χ2n) is 5.24. The van der Waals surface area contributed by atoms with Crippen LogP contribution in [0.1, 0.15) is 35.1 Å². The molecule has 1 aliphatic carbocycles. The molecule has 3 nitrogen and oxygen atoms in total. The average molecular weight is 288 g/mol. The first-order valence-corrected chi connectivity index (χ1v) is 7.24. The van der Waals surface area contributed by atoms with E-state index in [0.717, 1.165) is 18.4 Å². The second kappa shape index (κ2) is 5.43. The molecule has 1 aromatic heterocycles. The van der Waals surface area contributed by atoms with E-state index < -0.39 is 0 Å². The summed E-state index contributed by atoms with van der Waals surface area (Å²) in [6.45, 7) is 0. The average Bonchev–Trinajstić information content (AvgIpc) is 2.88. The number of likely N-dealkylation sites (N-methyl/N-ethyl adjacent to an activating group) is 1. The summed E-state index contributed by atoms with van der Waals surface area (Å²) in [5.41, 5.74) is 9.88. The number of fused-ring (bicyclic) bond motifs is 1. The SMILES string of the molecule is CNC(c1cc(Cl)cnc1N)C1CCc2ccccc21. The van der Waals surface area contributed by atoms with Gasteiger partial charge < -0.3 is 11.1 Å². The largest absolute Gasteiger partial charge is 0.383 e. The fraction of sp³-hybridized carbons (Fsp3) is 0.312. The molecule has 2 unspecified atom stereocenters. The molecule has 1 aliphatic rings. The van der Waals surface area contributed by atoms with Gasteiger partial charge in [0.15, 0.2) is 0 Å². The number of halogens is 1. The zero-order valence-electron chi connectivity index (χ0n) is 11.4. The number of nitrogens with two attached hydrogens (primary N) is 1. The molecule has 2 atom stereocenters. The van der Waals surface area contributed by atoms with Crippen LogP contribution in [-0.4, -0.2) is 12.0 Å². The lowest BCUT2D eigenvalue weighted by molar-refractivity contribution is 0.477. The third-order valence-corrected chi connectivity index (χ3v) is 4.35. The first-order valence-electron chi connectivity index (χ1n) is 6.86. The lowest BCUT2D eigenvalue weighted by Crippen LogP contribution is -2.24. The van der Waals surface area contributed by atoms with Gasteiger partial charge in [-0.1, -0.05) is 35.9 Å². The zero-order valence-corrected chi connectivity index (χ0v) is 12.2. The summed E-state index contributed by atoms with van der Waals surface area (Å²) < 4.78 is 0. The number of nitrogen functional groups attached to an aromatic ring is 1. The van der Waals surface area contributed by atoms with E-state index in [9.17, 15) is 0 Å². The summed E-state index contributed by atoms with van der Waals surface area (Å²) in [6, 6.07) is 10.7. The number of hydrogen-bond donors (Lipinski definition) is 2. The molecule has 20 heavy (non-hydrogen) atoms. The molecule has 0 saturated heterocycles. The molecule has 0 aliphatic heterocycles. The molecular formula is C16H18ClN3. The van der Waals surface area contributed by atoms with Gasteiger partial charge >= 0.3 is 0 Å². The summed E-state index contributed by atoms with van der Waals surface area (Å²) in [4.78, 5) is 4.18. The Morgan fingerprint density at radius 3 is 3.00 bits per heavy atom. The van der Waals surface area contributed by atoms with Gasteiger partial charge in [0.05, 0.1) is 5.02 Å². The van der Waals surface area contributed by atoms with Gasteiger partial charge in [0.1, 0.15) is 5.82 Å². The summed E-state index contributed by atoms with van der Waals surface area (Å²) >= 11 is 6.08. The smallest absolute Gasteiger partial charge is 0.128 e. The van der Waals surface area contributed by atoms with Crippen LogP contribution in [0.5, 0.6) is 0 Å². The molecule has 0 radical (unpaired) electrons. The van der Waals surface area contributed by atoms with Gasteiger partial charge in [0, 0.05) is 23.7 Å². The summed E-state index contributed by atoms with van der Waals surface area (Å²) in [5, 5.41) is 4.02. The van der Waals surface area contributed by atoms with Crippen LogP contribution in [0, 0.1) is 0 Å². The quantitative estimate of drug-likeness (QED) is 0.911. The molecule has 104 valence electrons. The zero-order chi connectivity index (χ0) is 14.1. The maximum absolute atomic E-state index is 6.08. The van der Waals surface area contributed by atoms with Crippen LogP contribution in [-0.2, 0) is 6.42 Å². The number of anilines is 1. The molecule has 1 heterocycles. The van der Waals surface area contributed by atoms with Crippen molar-refractivity contribution in [3.8, 4) is 0 Å². The number of hydrogen-bond acceptors (Lipinski definition) is 3. The number of nitrogens with zero attached hydrogens (tertiary/aromatic N) is 1. The Hall–Kier alpha value is -1.58. The fourth-order valence-electron chi connectivity index (χ4n) is 3.22.